The molecule has 2 nitrogen and oxygen atoms in total. The molecule has 1 heterocycles. The van der Waals surface area contributed by atoms with Gasteiger partial charge in [-0.1, -0.05) is 19.1 Å². The van der Waals surface area contributed by atoms with Gasteiger partial charge in [-0.3, -0.25) is 4.98 Å². The lowest BCUT2D eigenvalue weighted by Crippen LogP contribution is -2.03. The van der Waals surface area contributed by atoms with E-state index in [0.29, 0.717) is 0 Å². The van der Waals surface area contributed by atoms with E-state index in [9.17, 15) is 0 Å². The summed E-state index contributed by atoms with van der Waals surface area (Å²) in [5, 5.41) is 4.64. The lowest BCUT2D eigenvalue weighted by atomic mass is 10.2. The Morgan fingerprint density at radius 1 is 1.39 bits per heavy atom. The number of anilines is 1. The van der Waals surface area contributed by atoms with Crippen molar-refractivity contribution in [2.24, 2.45) is 0 Å². The lowest BCUT2D eigenvalue weighted by Gasteiger charge is -2.09. The molecule has 0 aliphatic heterocycles. The molecule has 0 saturated heterocycles. The summed E-state index contributed by atoms with van der Waals surface area (Å²) in [7, 11) is 0. The van der Waals surface area contributed by atoms with Crippen LogP contribution in [0.1, 0.15) is 13.3 Å². The van der Waals surface area contributed by atoms with E-state index in [1.54, 1.807) is 0 Å². The van der Waals surface area contributed by atoms with Gasteiger partial charge in [-0.2, -0.15) is 11.8 Å². The predicted molar refractivity (Wildman–Crippen MR) is 85.5 cm³/mol. The van der Waals surface area contributed by atoms with Crippen LogP contribution in [0, 0.1) is 0 Å². The molecule has 96 valence electrons. The molecule has 2 rings (SSSR count). The lowest BCUT2D eigenvalue weighted by molar-refractivity contribution is 0.993. The number of halogens is 1. The average Bonchev–Trinajstić information content (AvgIpc) is 2.38. The molecule has 0 atom stereocenters. The average molecular weight is 325 g/mol. The number of benzene rings is 1. The summed E-state index contributed by atoms with van der Waals surface area (Å²) in [6.07, 6.45) is 3.03. The summed E-state index contributed by atoms with van der Waals surface area (Å²) >= 11 is 5.44. The number of hydrogen-bond acceptors (Lipinski definition) is 3. The van der Waals surface area contributed by atoms with Crippen molar-refractivity contribution in [1.29, 1.82) is 0 Å². The monoisotopic (exact) mass is 324 g/mol. The van der Waals surface area contributed by atoms with E-state index in [4.69, 9.17) is 0 Å². The number of rotatable bonds is 6. The van der Waals surface area contributed by atoms with E-state index in [1.165, 1.54) is 17.9 Å². The summed E-state index contributed by atoms with van der Waals surface area (Å²) in [5.41, 5.74) is 2.17. The van der Waals surface area contributed by atoms with Crippen molar-refractivity contribution in [2.45, 2.75) is 13.3 Å². The van der Waals surface area contributed by atoms with Gasteiger partial charge in [-0.05, 0) is 46.0 Å². The van der Waals surface area contributed by atoms with E-state index < -0.39 is 0 Å². The number of thioether (sulfide) groups is 1. The van der Waals surface area contributed by atoms with Gasteiger partial charge in [0.15, 0.2) is 0 Å². The van der Waals surface area contributed by atoms with Crippen LogP contribution in [-0.2, 0) is 0 Å². The molecular weight excluding hydrogens is 308 g/mol. The molecule has 0 aliphatic carbocycles. The first-order valence-electron chi connectivity index (χ1n) is 6.17. The summed E-state index contributed by atoms with van der Waals surface area (Å²) in [5.74, 6) is 2.41. The maximum Gasteiger partial charge on any atom is 0.0934 e. The third-order valence-electron chi connectivity index (χ3n) is 2.66. The van der Waals surface area contributed by atoms with Gasteiger partial charge in [0.25, 0.3) is 0 Å². The molecule has 0 amide bonds. The Balaban J connectivity index is 2.04. The number of fused-ring (bicyclic) bond motifs is 1. The second-order valence-corrected chi connectivity index (χ2v) is 6.32. The van der Waals surface area contributed by atoms with Crippen LogP contribution < -0.4 is 5.32 Å². The fourth-order valence-electron chi connectivity index (χ4n) is 1.82. The molecule has 18 heavy (non-hydrogen) atoms. The third-order valence-corrected chi connectivity index (χ3v) is 4.08. The largest absolute Gasteiger partial charge is 0.383 e. The third kappa shape index (κ3) is 3.62. The van der Waals surface area contributed by atoms with Gasteiger partial charge in [-0.25, -0.2) is 0 Å². The normalized spacial score (nSPS) is 10.8. The Bertz CT molecular complexity index is 516. The Morgan fingerprint density at radius 2 is 2.28 bits per heavy atom. The summed E-state index contributed by atoms with van der Waals surface area (Å²) in [6, 6.07) is 8.35. The van der Waals surface area contributed by atoms with Crippen molar-refractivity contribution >= 4 is 44.3 Å². The first-order chi connectivity index (χ1) is 8.81. The molecule has 0 bridgehead atoms. The minimum Gasteiger partial charge on any atom is -0.383 e. The first-order valence-corrected chi connectivity index (χ1v) is 8.12. The van der Waals surface area contributed by atoms with Gasteiger partial charge in [0.1, 0.15) is 0 Å². The molecule has 0 unspecified atom stereocenters. The second kappa shape index (κ2) is 7.00. The number of pyridine rings is 1. The van der Waals surface area contributed by atoms with E-state index in [0.717, 1.165) is 27.6 Å². The highest BCUT2D eigenvalue weighted by Gasteiger charge is 2.02. The first kappa shape index (κ1) is 13.7. The maximum atomic E-state index is 4.48. The van der Waals surface area contributed by atoms with Crippen molar-refractivity contribution in [2.75, 3.05) is 23.4 Å². The van der Waals surface area contributed by atoms with Crippen LogP contribution >= 0.6 is 27.7 Å². The molecule has 0 spiro atoms. The highest BCUT2D eigenvalue weighted by Crippen LogP contribution is 2.23. The molecule has 1 N–H and O–H groups in total. The number of para-hydroxylation sites is 1. The van der Waals surface area contributed by atoms with Crippen LogP contribution in [-0.4, -0.2) is 23.0 Å². The van der Waals surface area contributed by atoms with Gasteiger partial charge in [0.05, 0.1) is 11.2 Å². The van der Waals surface area contributed by atoms with Crippen LogP contribution in [0.2, 0.25) is 0 Å². The summed E-state index contributed by atoms with van der Waals surface area (Å²) < 4.78 is 1.02. The number of nitrogens with one attached hydrogen (secondary N) is 1. The highest BCUT2D eigenvalue weighted by atomic mass is 79.9. The number of hydrogen-bond donors (Lipinski definition) is 1. The van der Waals surface area contributed by atoms with Crippen molar-refractivity contribution in [3.05, 3.63) is 34.9 Å². The smallest absolute Gasteiger partial charge is 0.0934 e. The quantitative estimate of drug-likeness (QED) is 0.789. The molecule has 1 aromatic carbocycles. The summed E-state index contributed by atoms with van der Waals surface area (Å²) in [6.45, 7) is 3.20. The van der Waals surface area contributed by atoms with E-state index >= 15 is 0 Å². The fraction of sp³-hybridized carbons (Fsp3) is 0.357. The van der Waals surface area contributed by atoms with Gasteiger partial charge < -0.3 is 5.32 Å². The Kier molecular flexibility index (Phi) is 5.32. The Labute approximate surface area is 121 Å². The summed E-state index contributed by atoms with van der Waals surface area (Å²) in [4.78, 5) is 4.48. The van der Waals surface area contributed by atoms with Crippen LogP contribution in [0.5, 0.6) is 0 Å². The van der Waals surface area contributed by atoms with E-state index in [-0.39, 0.29) is 0 Å². The van der Waals surface area contributed by atoms with Crippen LogP contribution in [0.3, 0.4) is 0 Å². The molecule has 2 aromatic rings. The molecule has 0 aliphatic rings. The van der Waals surface area contributed by atoms with Gasteiger partial charge >= 0.3 is 0 Å². The van der Waals surface area contributed by atoms with Crippen molar-refractivity contribution < 1.29 is 0 Å². The van der Waals surface area contributed by atoms with Crippen molar-refractivity contribution in [3.8, 4) is 0 Å². The zero-order valence-corrected chi connectivity index (χ0v) is 12.9. The van der Waals surface area contributed by atoms with Gasteiger partial charge in [0, 0.05) is 22.6 Å². The van der Waals surface area contributed by atoms with Gasteiger partial charge in [0.2, 0.25) is 0 Å². The Hall–Kier alpha value is -0.740. The molecule has 0 saturated carbocycles. The zero-order chi connectivity index (χ0) is 12.8. The Morgan fingerprint density at radius 3 is 3.11 bits per heavy atom. The van der Waals surface area contributed by atoms with E-state index in [1.807, 2.05) is 18.0 Å². The molecule has 0 fully saturated rings. The minimum absolute atomic E-state index is 1.00. The molecular formula is C14H17BrN2S. The van der Waals surface area contributed by atoms with Crippen molar-refractivity contribution in [1.82, 2.24) is 4.98 Å². The van der Waals surface area contributed by atoms with Crippen LogP contribution in [0.15, 0.2) is 34.9 Å². The predicted octanol–water partition coefficient (Wildman–Crippen LogP) is 4.55. The number of nitrogens with zero attached hydrogens (tertiary/aromatic N) is 1. The minimum atomic E-state index is 1.00. The van der Waals surface area contributed by atoms with Gasteiger partial charge in [-0.15, -0.1) is 0 Å². The molecule has 1 aromatic heterocycles. The molecule has 0 radical (unpaired) electrons. The zero-order valence-electron chi connectivity index (χ0n) is 10.4. The second-order valence-electron chi connectivity index (χ2n) is 4.01. The van der Waals surface area contributed by atoms with Crippen LogP contribution in [0.4, 0.5) is 5.69 Å². The SMILES string of the molecule is CCSCCCNc1cccc2cc(Br)cnc12. The molecule has 4 heteroatoms. The van der Waals surface area contributed by atoms with E-state index in [2.05, 4.69) is 57.4 Å². The maximum absolute atomic E-state index is 4.48. The standard InChI is InChI=1S/C14H17BrN2S/c1-2-18-8-4-7-16-13-6-3-5-11-9-12(15)10-17-14(11)13/h3,5-6,9-10,16H,2,4,7-8H2,1H3. The fourth-order valence-corrected chi connectivity index (χ4v) is 2.80. The van der Waals surface area contributed by atoms with Crippen LogP contribution in [0.25, 0.3) is 10.9 Å². The number of aromatic nitrogens is 1. The highest BCUT2D eigenvalue weighted by molar-refractivity contribution is 9.10. The topological polar surface area (TPSA) is 24.9 Å². The van der Waals surface area contributed by atoms with Crippen molar-refractivity contribution in [3.63, 3.8) is 0 Å².